The highest BCUT2D eigenvalue weighted by Crippen LogP contribution is 2.25. The highest BCUT2D eigenvalue weighted by Gasteiger charge is 2.31. The number of aromatic nitrogens is 2. The van der Waals surface area contributed by atoms with Gasteiger partial charge in [0, 0.05) is 37.2 Å². The van der Waals surface area contributed by atoms with Crippen molar-refractivity contribution in [2.45, 2.75) is 32.2 Å². The maximum Gasteiger partial charge on any atom is 0.354 e. The Bertz CT molecular complexity index is 1280. The topological polar surface area (TPSA) is 98.6 Å². The number of sulfonamides is 1. The zero-order chi connectivity index (χ0) is 24.3. The van der Waals surface area contributed by atoms with Gasteiger partial charge in [-0.3, -0.25) is 9.78 Å². The number of hydrogen-bond donors (Lipinski definition) is 0. The first-order chi connectivity index (χ1) is 15.6. The van der Waals surface area contributed by atoms with E-state index in [1.807, 2.05) is 6.92 Å². The highest BCUT2D eigenvalue weighted by atomic mass is 32.2. The van der Waals surface area contributed by atoms with E-state index in [1.165, 1.54) is 19.2 Å². The largest absolute Gasteiger partial charge is 0.464 e. The zero-order valence-corrected chi connectivity index (χ0v) is 20.1. The Morgan fingerprint density at radius 2 is 1.76 bits per heavy atom. The molecule has 0 aliphatic rings. The number of ether oxygens (including phenoxy) is 1. The van der Waals surface area contributed by atoms with Crippen molar-refractivity contribution in [1.82, 2.24) is 13.9 Å². The minimum absolute atomic E-state index is 0.0232. The van der Waals surface area contributed by atoms with Gasteiger partial charge in [-0.15, -0.1) is 0 Å². The highest BCUT2D eigenvalue weighted by molar-refractivity contribution is 7.89. The van der Waals surface area contributed by atoms with Gasteiger partial charge in [-0.2, -0.15) is 4.31 Å². The molecule has 0 unspecified atom stereocenters. The molecule has 0 aliphatic carbocycles. The number of carbonyl (C=O) groups is 2. The van der Waals surface area contributed by atoms with E-state index in [0.29, 0.717) is 22.4 Å². The Kier molecular flexibility index (Phi) is 7.14. The second kappa shape index (κ2) is 9.68. The SMILES string of the molecule is COC(=O)c1c(C)c(C(=O)CN(Cc2cccnc2)S(=O)(=O)c2ccc(C)cc2)c(C)n1C. The van der Waals surface area contributed by atoms with Gasteiger partial charge < -0.3 is 9.30 Å². The molecular weight excluding hydrogens is 442 g/mol. The number of ketones is 1. The first-order valence-electron chi connectivity index (χ1n) is 10.3. The fraction of sp³-hybridized carbons (Fsp3) is 0.292. The van der Waals surface area contributed by atoms with Crippen LogP contribution in [0.25, 0.3) is 0 Å². The van der Waals surface area contributed by atoms with Crippen molar-refractivity contribution in [2.75, 3.05) is 13.7 Å². The molecule has 3 rings (SSSR count). The van der Waals surface area contributed by atoms with E-state index in [2.05, 4.69) is 4.98 Å². The van der Waals surface area contributed by atoms with Crippen LogP contribution in [0.1, 0.15) is 43.2 Å². The van der Waals surface area contributed by atoms with Gasteiger partial charge in [0.05, 0.1) is 18.6 Å². The maximum atomic E-state index is 13.5. The van der Waals surface area contributed by atoms with Crippen LogP contribution < -0.4 is 0 Å². The Balaban J connectivity index is 2.03. The fourth-order valence-corrected chi connectivity index (χ4v) is 5.18. The van der Waals surface area contributed by atoms with Crippen molar-refractivity contribution in [1.29, 1.82) is 0 Å². The van der Waals surface area contributed by atoms with Gasteiger partial charge in [0.2, 0.25) is 10.0 Å². The summed E-state index contributed by atoms with van der Waals surface area (Å²) in [6, 6.07) is 9.95. The van der Waals surface area contributed by atoms with E-state index in [1.54, 1.807) is 62.1 Å². The van der Waals surface area contributed by atoms with Crippen molar-refractivity contribution in [3.05, 3.63) is 82.4 Å². The summed E-state index contributed by atoms with van der Waals surface area (Å²) in [7, 11) is -1.04. The molecule has 0 fully saturated rings. The molecule has 8 nitrogen and oxygen atoms in total. The third kappa shape index (κ3) is 4.89. The van der Waals surface area contributed by atoms with Gasteiger partial charge in [0.1, 0.15) is 5.69 Å². The molecule has 9 heteroatoms. The molecule has 33 heavy (non-hydrogen) atoms. The first-order valence-corrected chi connectivity index (χ1v) is 11.7. The molecule has 2 aromatic heterocycles. The van der Waals surface area contributed by atoms with Crippen molar-refractivity contribution in [3.63, 3.8) is 0 Å². The van der Waals surface area contributed by atoms with E-state index in [0.717, 1.165) is 9.87 Å². The van der Waals surface area contributed by atoms with Crippen LogP contribution in [0, 0.1) is 20.8 Å². The predicted molar refractivity (Wildman–Crippen MR) is 124 cm³/mol. The normalized spacial score (nSPS) is 11.6. The number of esters is 1. The number of methoxy groups -OCH3 is 1. The van der Waals surface area contributed by atoms with Crippen LogP contribution in [-0.4, -0.2) is 47.7 Å². The first kappa shape index (κ1) is 24.3. The molecule has 0 bridgehead atoms. The number of carbonyl (C=O) groups excluding carboxylic acids is 2. The molecule has 2 heterocycles. The number of hydrogen-bond acceptors (Lipinski definition) is 6. The van der Waals surface area contributed by atoms with Gasteiger partial charge in [0.15, 0.2) is 5.78 Å². The van der Waals surface area contributed by atoms with Crippen molar-refractivity contribution >= 4 is 21.8 Å². The molecule has 0 saturated heterocycles. The molecule has 0 amide bonds. The number of benzene rings is 1. The fourth-order valence-electron chi connectivity index (χ4n) is 3.79. The Morgan fingerprint density at radius 1 is 1.09 bits per heavy atom. The summed E-state index contributed by atoms with van der Waals surface area (Å²) in [6.45, 7) is 4.83. The van der Waals surface area contributed by atoms with Crippen LogP contribution in [0.3, 0.4) is 0 Å². The van der Waals surface area contributed by atoms with Gasteiger partial charge in [-0.25, -0.2) is 13.2 Å². The predicted octanol–water partition coefficient (Wildman–Crippen LogP) is 3.21. The Hall–Kier alpha value is -3.30. The summed E-state index contributed by atoms with van der Waals surface area (Å²) in [5, 5.41) is 0. The number of rotatable bonds is 8. The molecular formula is C24H27N3O5S. The molecule has 0 aliphatic heterocycles. The van der Waals surface area contributed by atoms with E-state index in [-0.39, 0.29) is 17.1 Å². The molecule has 0 N–H and O–H groups in total. The van der Waals surface area contributed by atoms with Gasteiger partial charge >= 0.3 is 5.97 Å². The summed E-state index contributed by atoms with van der Waals surface area (Å²) in [6.07, 6.45) is 3.16. The lowest BCUT2D eigenvalue weighted by Crippen LogP contribution is -2.35. The van der Waals surface area contributed by atoms with Crippen molar-refractivity contribution in [3.8, 4) is 0 Å². The summed E-state index contributed by atoms with van der Waals surface area (Å²) in [5.74, 6) is -0.966. The second-order valence-corrected chi connectivity index (χ2v) is 9.79. The third-order valence-corrected chi connectivity index (χ3v) is 7.45. The molecule has 0 saturated carbocycles. The summed E-state index contributed by atoms with van der Waals surface area (Å²) >= 11 is 0. The van der Waals surface area contributed by atoms with Crippen molar-refractivity contribution in [2.24, 2.45) is 7.05 Å². The molecule has 174 valence electrons. The lowest BCUT2D eigenvalue weighted by Gasteiger charge is -2.22. The van der Waals surface area contributed by atoms with Crippen LogP contribution in [0.2, 0.25) is 0 Å². The Labute approximate surface area is 193 Å². The van der Waals surface area contributed by atoms with Gasteiger partial charge in [-0.1, -0.05) is 23.8 Å². The second-order valence-electron chi connectivity index (χ2n) is 7.86. The third-order valence-electron chi connectivity index (χ3n) is 5.65. The van der Waals surface area contributed by atoms with Gasteiger partial charge in [0.25, 0.3) is 0 Å². The monoisotopic (exact) mass is 469 g/mol. The average Bonchev–Trinajstić information content (AvgIpc) is 3.01. The van der Waals surface area contributed by atoms with E-state index < -0.39 is 28.3 Å². The quantitative estimate of drug-likeness (QED) is 0.371. The molecule has 0 atom stereocenters. The summed E-state index contributed by atoms with van der Waals surface area (Å²) in [5.41, 5.74) is 3.17. The van der Waals surface area contributed by atoms with Crippen LogP contribution >= 0.6 is 0 Å². The number of pyridine rings is 1. The van der Waals surface area contributed by atoms with Crippen LogP contribution in [0.4, 0.5) is 0 Å². The molecule has 0 spiro atoms. The maximum absolute atomic E-state index is 13.5. The summed E-state index contributed by atoms with van der Waals surface area (Å²) in [4.78, 5) is 29.8. The zero-order valence-electron chi connectivity index (χ0n) is 19.3. The minimum Gasteiger partial charge on any atom is -0.464 e. The molecule has 0 radical (unpaired) electrons. The van der Waals surface area contributed by atoms with Gasteiger partial charge in [-0.05, 0) is 50.1 Å². The van der Waals surface area contributed by atoms with E-state index in [9.17, 15) is 18.0 Å². The van der Waals surface area contributed by atoms with E-state index in [4.69, 9.17) is 4.74 Å². The average molecular weight is 470 g/mol. The number of Topliss-reactive ketones (excluding diaryl/α,β-unsaturated/α-hetero) is 1. The number of nitrogens with zero attached hydrogens (tertiary/aromatic N) is 3. The summed E-state index contributed by atoms with van der Waals surface area (Å²) < 4.78 is 34.5. The van der Waals surface area contributed by atoms with E-state index >= 15 is 0 Å². The molecule has 1 aromatic carbocycles. The van der Waals surface area contributed by atoms with Crippen molar-refractivity contribution < 1.29 is 22.7 Å². The standard InChI is InChI=1S/C24H27N3O5S/c1-16-8-10-20(11-9-16)33(30,31)27(14-19-7-6-12-25-13-19)15-21(28)22-17(2)23(24(29)32-5)26(4)18(22)3/h6-13H,14-15H2,1-5H3. The molecule has 3 aromatic rings. The van der Waals surface area contributed by atoms with Crippen LogP contribution in [0.5, 0.6) is 0 Å². The lowest BCUT2D eigenvalue weighted by atomic mass is 10.1. The minimum atomic E-state index is -3.98. The lowest BCUT2D eigenvalue weighted by molar-refractivity contribution is 0.0588. The smallest absolute Gasteiger partial charge is 0.354 e. The van der Waals surface area contributed by atoms with Crippen LogP contribution in [0.15, 0.2) is 53.7 Å². The number of aryl methyl sites for hydroxylation is 1. The van der Waals surface area contributed by atoms with Crippen LogP contribution in [-0.2, 0) is 28.4 Å². The Morgan fingerprint density at radius 3 is 2.33 bits per heavy atom.